The molecule has 0 aromatic carbocycles. The second-order valence-electron chi connectivity index (χ2n) is 3.08. The van der Waals surface area contributed by atoms with Crippen molar-refractivity contribution < 1.29 is 4.74 Å². The quantitative estimate of drug-likeness (QED) is 0.723. The van der Waals surface area contributed by atoms with Crippen LogP contribution in [0.1, 0.15) is 12.7 Å². The predicted molar refractivity (Wildman–Crippen MR) is 61.9 cm³/mol. The monoisotopic (exact) mass is 229 g/mol. The van der Waals surface area contributed by atoms with E-state index in [0.717, 1.165) is 18.9 Å². The summed E-state index contributed by atoms with van der Waals surface area (Å²) < 4.78 is 5.10. The highest BCUT2D eigenvalue weighted by Gasteiger charge is 2.08. The Morgan fingerprint density at radius 3 is 2.73 bits per heavy atom. The van der Waals surface area contributed by atoms with Gasteiger partial charge in [0.2, 0.25) is 5.88 Å². The number of nitrogens with zero attached hydrogens (tertiary/aromatic N) is 3. The molecule has 0 unspecified atom stereocenters. The van der Waals surface area contributed by atoms with Crippen molar-refractivity contribution >= 4 is 17.4 Å². The topological polar surface area (TPSA) is 38.2 Å². The zero-order valence-corrected chi connectivity index (χ0v) is 10.1. The third-order valence-electron chi connectivity index (χ3n) is 2.07. The summed E-state index contributed by atoms with van der Waals surface area (Å²) in [4.78, 5) is 10.6. The van der Waals surface area contributed by atoms with Crippen LogP contribution in [0.15, 0.2) is 6.07 Å². The Morgan fingerprint density at radius 2 is 2.20 bits per heavy atom. The van der Waals surface area contributed by atoms with Crippen LogP contribution in [-0.4, -0.2) is 36.0 Å². The summed E-state index contributed by atoms with van der Waals surface area (Å²) in [6, 6.07) is 1.82. The van der Waals surface area contributed by atoms with Gasteiger partial charge in [-0.25, -0.2) is 4.98 Å². The van der Waals surface area contributed by atoms with Crippen molar-refractivity contribution in [2.75, 3.05) is 31.0 Å². The number of anilines is 1. The van der Waals surface area contributed by atoms with Gasteiger partial charge in [-0.1, -0.05) is 0 Å². The molecule has 1 rings (SSSR count). The number of hydrogen-bond acceptors (Lipinski definition) is 4. The summed E-state index contributed by atoms with van der Waals surface area (Å²) in [6.07, 6.45) is 0. The van der Waals surface area contributed by atoms with Gasteiger partial charge in [0.1, 0.15) is 11.6 Å². The van der Waals surface area contributed by atoms with E-state index < -0.39 is 0 Å². The number of methoxy groups -OCH3 is 1. The molecule has 0 amide bonds. The molecule has 0 radical (unpaired) electrons. The first-order chi connectivity index (χ1) is 7.21. The zero-order valence-electron chi connectivity index (χ0n) is 9.33. The van der Waals surface area contributed by atoms with Crippen LogP contribution in [0.3, 0.4) is 0 Å². The number of aromatic nitrogens is 2. The van der Waals surface area contributed by atoms with Gasteiger partial charge in [0.15, 0.2) is 0 Å². The highest BCUT2D eigenvalue weighted by atomic mass is 35.5. The highest BCUT2D eigenvalue weighted by Crippen LogP contribution is 2.16. The summed E-state index contributed by atoms with van der Waals surface area (Å²) in [5, 5.41) is 0. The average molecular weight is 230 g/mol. The summed E-state index contributed by atoms with van der Waals surface area (Å²) in [7, 11) is 1.60. The van der Waals surface area contributed by atoms with Crippen LogP contribution in [0.2, 0.25) is 0 Å². The van der Waals surface area contributed by atoms with E-state index in [2.05, 4.69) is 21.8 Å². The molecule has 0 aliphatic rings. The molecular weight excluding hydrogens is 214 g/mol. The molecule has 0 N–H and O–H groups in total. The minimum atomic E-state index is 0.583. The Kier molecular flexibility index (Phi) is 4.62. The number of rotatable bonds is 5. The lowest BCUT2D eigenvalue weighted by Gasteiger charge is -2.21. The van der Waals surface area contributed by atoms with Crippen LogP contribution >= 0.6 is 11.6 Å². The second-order valence-corrected chi connectivity index (χ2v) is 3.46. The third kappa shape index (κ3) is 3.23. The second kappa shape index (κ2) is 5.75. The van der Waals surface area contributed by atoms with Crippen molar-refractivity contribution in [3.8, 4) is 5.88 Å². The lowest BCUT2D eigenvalue weighted by molar-refractivity contribution is 0.395. The van der Waals surface area contributed by atoms with Gasteiger partial charge in [-0.05, 0) is 13.8 Å². The molecular formula is C10H16ClN3O. The summed E-state index contributed by atoms with van der Waals surface area (Å²) in [6.45, 7) is 5.56. The maximum Gasteiger partial charge on any atom is 0.218 e. The first-order valence-electron chi connectivity index (χ1n) is 4.91. The third-order valence-corrected chi connectivity index (χ3v) is 2.24. The van der Waals surface area contributed by atoms with Gasteiger partial charge in [-0.15, -0.1) is 11.6 Å². The lowest BCUT2D eigenvalue weighted by atomic mass is 10.4. The Labute approximate surface area is 95.2 Å². The van der Waals surface area contributed by atoms with E-state index in [1.807, 2.05) is 13.0 Å². The maximum atomic E-state index is 5.72. The van der Waals surface area contributed by atoms with E-state index >= 15 is 0 Å². The van der Waals surface area contributed by atoms with Gasteiger partial charge in [0, 0.05) is 25.0 Å². The molecule has 15 heavy (non-hydrogen) atoms. The summed E-state index contributed by atoms with van der Waals surface area (Å²) >= 11 is 5.72. The van der Waals surface area contributed by atoms with Crippen molar-refractivity contribution in [3.05, 3.63) is 11.9 Å². The summed E-state index contributed by atoms with van der Waals surface area (Å²) in [5.74, 6) is 2.74. The molecule has 0 aliphatic carbocycles. The van der Waals surface area contributed by atoms with Gasteiger partial charge in [0.25, 0.3) is 0 Å². The molecule has 1 aromatic heterocycles. The highest BCUT2D eigenvalue weighted by molar-refractivity contribution is 6.18. The largest absolute Gasteiger partial charge is 0.481 e. The predicted octanol–water partition coefficient (Wildman–Crippen LogP) is 1.86. The molecule has 0 bridgehead atoms. The van der Waals surface area contributed by atoms with Crippen LogP contribution in [0.4, 0.5) is 5.82 Å². The fourth-order valence-corrected chi connectivity index (χ4v) is 1.53. The first kappa shape index (κ1) is 12.0. The Balaban J connectivity index is 2.95. The van der Waals surface area contributed by atoms with Crippen LogP contribution in [-0.2, 0) is 0 Å². The Morgan fingerprint density at radius 1 is 1.47 bits per heavy atom. The standard InChI is InChI=1S/C10H16ClN3O/c1-4-14(6-5-11)9-7-10(15-3)13-8(2)12-9/h7H,4-6H2,1-3H3. The van der Waals surface area contributed by atoms with Gasteiger partial charge in [-0.2, -0.15) is 4.98 Å². The van der Waals surface area contributed by atoms with E-state index in [0.29, 0.717) is 17.6 Å². The minimum Gasteiger partial charge on any atom is -0.481 e. The molecule has 0 saturated carbocycles. The number of hydrogen-bond donors (Lipinski definition) is 0. The number of aryl methyl sites for hydroxylation is 1. The average Bonchev–Trinajstić information content (AvgIpc) is 2.24. The van der Waals surface area contributed by atoms with Gasteiger partial charge in [0.05, 0.1) is 7.11 Å². The minimum absolute atomic E-state index is 0.583. The van der Waals surface area contributed by atoms with E-state index in [4.69, 9.17) is 16.3 Å². The molecule has 0 fully saturated rings. The SMILES string of the molecule is CCN(CCCl)c1cc(OC)nc(C)n1. The molecule has 0 aliphatic heterocycles. The lowest BCUT2D eigenvalue weighted by Crippen LogP contribution is -2.26. The first-order valence-corrected chi connectivity index (χ1v) is 5.45. The molecule has 4 nitrogen and oxygen atoms in total. The zero-order chi connectivity index (χ0) is 11.3. The number of halogens is 1. The van der Waals surface area contributed by atoms with E-state index in [9.17, 15) is 0 Å². The molecule has 5 heteroatoms. The molecule has 0 spiro atoms. The van der Waals surface area contributed by atoms with Crippen molar-refractivity contribution in [1.82, 2.24) is 9.97 Å². The van der Waals surface area contributed by atoms with Gasteiger partial charge >= 0.3 is 0 Å². The van der Waals surface area contributed by atoms with Crippen LogP contribution in [0, 0.1) is 6.92 Å². The van der Waals surface area contributed by atoms with E-state index in [1.165, 1.54) is 0 Å². The normalized spacial score (nSPS) is 10.1. The summed E-state index contributed by atoms with van der Waals surface area (Å²) in [5.41, 5.74) is 0. The fourth-order valence-electron chi connectivity index (χ4n) is 1.33. The molecule has 0 saturated heterocycles. The molecule has 0 atom stereocenters. The van der Waals surface area contributed by atoms with E-state index in [-0.39, 0.29) is 0 Å². The molecule has 1 heterocycles. The van der Waals surface area contributed by atoms with Crippen molar-refractivity contribution in [2.24, 2.45) is 0 Å². The Bertz CT molecular complexity index is 320. The van der Waals surface area contributed by atoms with Crippen LogP contribution in [0.5, 0.6) is 5.88 Å². The molecule has 84 valence electrons. The number of ether oxygens (including phenoxy) is 1. The van der Waals surface area contributed by atoms with Crippen LogP contribution in [0.25, 0.3) is 0 Å². The van der Waals surface area contributed by atoms with Gasteiger partial charge in [-0.3, -0.25) is 0 Å². The van der Waals surface area contributed by atoms with E-state index in [1.54, 1.807) is 7.11 Å². The van der Waals surface area contributed by atoms with Crippen molar-refractivity contribution in [2.45, 2.75) is 13.8 Å². The van der Waals surface area contributed by atoms with Crippen LogP contribution < -0.4 is 9.64 Å². The number of alkyl halides is 1. The van der Waals surface area contributed by atoms with Gasteiger partial charge < -0.3 is 9.64 Å². The Hall–Kier alpha value is -1.03. The van der Waals surface area contributed by atoms with Crippen molar-refractivity contribution in [1.29, 1.82) is 0 Å². The van der Waals surface area contributed by atoms with Crippen molar-refractivity contribution in [3.63, 3.8) is 0 Å². The maximum absolute atomic E-state index is 5.72. The fraction of sp³-hybridized carbons (Fsp3) is 0.600. The molecule has 1 aromatic rings. The smallest absolute Gasteiger partial charge is 0.218 e.